The van der Waals surface area contributed by atoms with Gasteiger partial charge < -0.3 is 9.72 Å². The Bertz CT molecular complexity index is 423. The molecule has 0 amide bonds. The van der Waals surface area contributed by atoms with Crippen LogP contribution in [0, 0.1) is 0 Å². The highest BCUT2D eigenvalue weighted by Crippen LogP contribution is 2.01. The molecule has 0 saturated heterocycles. The van der Waals surface area contributed by atoms with Gasteiger partial charge in [-0.25, -0.2) is 4.98 Å². The monoisotopic (exact) mass is 218 g/mol. The van der Waals surface area contributed by atoms with Crippen LogP contribution in [0.5, 0.6) is 5.88 Å². The summed E-state index contributed by atoms with van der Waals surface area (Å²) in [5.41, 5.74) is -0.0532. The lowest BCUT2D eigenvalue weighted by molar-refractivity contribution is 0.327. The number of pyridine rings is 2. The van der Waals surface area contributed by atoms with E-state index >= 15 is 0 Å². The summed E-state index contributed by atoms with van der Waals surface area (Å²) in [6.45, 7) is 2.62. The van der Waals surface area contributed by atoms with Gasteiger partial charge in [0.15, 0.2) is 0 Å². The first-order chi connectivity index (χ1) is 7.83. The van der Waals surface area contributed by atoms with E-state index in [4.69, 9.17) is 4.74 Å². The summed E-state index contributed by atoms with van der Waals surface area (Å²) in [6, 6.07) is 10.5. The summed E-state index contributed by atoms with van der Waals surface area (Å²) in [6.07, 6.45) is 3.31. The predicted octanol–water partition coefficient (Wildman–Crippen LogP) is 1.86. The molecule has 0 aromatic carbocycles. The van der Waals surface area contributed by atoms with E-state index in [0.717, 1.165) is 0 Å². The van der Waals surface area contributed by atoms with Gasteiger partial charge in [-0.1, -0.05) is 12.1 Å². The first-order valence-corrected chi connectivity index (χ1v) is 5.00. The summed E-state index contributed by atoms with van der Waals surface area (Å²) in [7, 11) is 0. The highest BCUT2D eigenvalue weighted by atomic mass is 16.5. The smallest absolute Gasteiger partial charge is 0.247 e. The van der Waals surface area contributed by atoms with Gasteiger partial charge >= 0.3 is 0 Å². The SMILES string of the molecule is CCOc1ccccn1.O=c1cccc[nH]1. The van der Waals surface area contributed by atoms with Gasteiger partial charge in [0.25, 0.3) is 0 Å². The molecule has 0 bridgehead atoms. The Labute approximate surface area is 93.9 Å². The molecule has 84 valence electrons. The van der Waals surface area contributed by atoms with Crippen molar-refractivity contribution in [1.29, 1.82) is 0 Å². The van der Waals surface area contributed by atoms with E-state index in [1.54, 1.807) is 24.5 Å². The second-order valence-corrected chi connectivity index (χ2v) is 2.83. The fourth-order valence-corrected chi connectivity index (χ4v) is 0.957. The fourth-order valence-electron chi connectivity index (χ4n) is 0.957. The number of H-pyrrole nitrogens is 1. The van der Waals surface area contributed by atoms with Crippen molar-refractivity contribution in [2.75, 3.05) is 6.61 Å². The molecular formula is C12H14N2O2. The Balaban J connectivity index is 0.000000165. The van der Waals surface area contributed by atoms with Crippen molar-refractivity contribution in [3.8, 4) is 5.88 Å². The normalized spacial score (nSPS) is 8.81. The molecule has 0 unspecified atom stereocenters. The fraction of sp³-hybridized carbons (Fsp3) is 0.167. The van der Waals surface area contributed by atoms with Crippen LogP contribution in [0.3, 0.4) is 0 Å². The van der Waals surface area contributed by atoms with Crippen molar-refractivity contribution >= 4 is 0 Å². The highest BCUT2D eigenvalue weighted by molar-refractivity contribution is 5.08. The van der Waals surface area contributed by atoms with Gasteiger partial charge in [-0.15, -0.1) is 0 Å². The molecule has 0 aliphatic carbocycles. The van der Waals surface area contributed by atoms with E-state index in [2.05, 4.69) is 9.97 Å². The molecule has 0 spiro atoms. The summed E-state index contributed by atoms with van der Waals surface area (Å²) in [4.78, 5) is 16.6. The van der Waals surface area contributed by atoms with Crippen molar-refractivity contribution in [3.63, 3.8) is 0 Å². The minimum Gasteiger partial charge on any atom is -0.478 e. The second-order valence-electron chi connectivity index (χ2n) is 2.83. The highest BCUT2D eigenvalue weighted by Gasteiger charge is 1.85. The lowest BCUT2D eigenvalue weighted by Gasteiger charge is -1.97. The number of hydrogen-bond donors (Lipinski definition) is 1. The molecule has 2 aromatic heterocycles. The zero-order chi connectivity index (χ0) is 11.6. The second kappa shape index (κ2) is 7.23. The molecule has 0 fully saturated rings. The van der Waals surface area contributed by atoms with Gasteiger partial charge in [0.1, 0.15) is 0 Å². The van der Waals surface area contributed by atoms with Crippen LogP contribution in [-0.4, -0.2) is 16.6 Å². The largest absolute Gasteiger partial charge is 0.478 e. The van der Waals surface area contributed by atoms with E-state index in [0.29, 0.717) is 12.5 Å². The number of aromatic amines is 1. The summed E-state index contributed by atoms with van der Waals surface area (Å²) < 4.78 is 5.09. The topological polar surface area (TPSA) is 55.0 Å². The van der Waals surface area contributed by atoms with Gasteiger partial charge in [0, 0.05) is 24.5 Å². The van der Waals surface area contributed by atoms with Crippen LogP contribution in [-0.2, 0) is 0 Å². The summed E-state index contributed by atoms with van der Waals surface area (Å²) in [5.74, 6) is 0.694. The predicted molar refractivity (Wildman–Crippen MR) is 62.5 cm³/mol. The maximum Gasteiger partial charge on any atom is 0.247 e. The van der Waals surface area contributed by atoms with Gasteiger partial charge in [-0.3, -0.25) is 4.79 Å². The summed E-state index contributed by atoms with van der Waals surface area (Å²) in [5, 5.41) is 0. The van der Waals surface area contributed by atoms with Crippen molar-refractivity contribution in [3.05, 3.63) is 59.1 Å². The maximum atomic E-state index is 10.2. The number of rotatable bonds is 2. The standard InChI is InChI=1S/C7H9NO.C5H5NO/c1-2-9-7-5-3-4-6-8-7;7-5-3-1-2-4-6-5/h3-6H,2H2,1H3;1-4H,(H,6,7). The third-order valence-corrected chi connectivity index (χ3v) is 1.61. The van der Waals surface area contributed by atoms with Crippen LogP contribution in [0.4, 0.5) is 0 Å². The average molecular weight is 218 g/mol. The van der Waals surface area contributed by atoms with Crippen LogP contribution >= 0.6 is 0 Å². The van der Waals surface area contributed by atoms with Crippen LogP contribution in [0.1, 0.15) is 6.92 Å². The maximum absolute atomic E-state index is 10.2. The Hall–Kier alpha value is -2.10. The van der Waals surface area contributed by atoms with E-state index < -0.39 is 0 Å². The summed E-state index contributed by atoms with van der Waals surface area (Å²) >= 11 is 0. The van der Waals surface area contributed by atoms with E-state index in [-0.39, 0.29) is 5.56 Å². The molecular weight excluding hydrogens is 204 g/mol. The van der Waals surface area contributed by atoms with Gasteiger partial charge in [0.2, 0.25) is 11.4 Å². The Morgan fingerprint density at radius 2 is 2.06 bits per heavy atom. The Morgan fingerprint density at radius 3 is 2.50 bits per heavy atom. The van der Waals surface area contributed by atoms with Gasteiger partial charge in [0.05, 0.1) is 6.61 Å². The van der Waals surface area contributed by atoms with Crippen molar-refractivity contribution in [2.45, 2.75) is 6.92 Å². The Morgan fingerprint density at radius 1 is 1.25 bits per heavy atom. The zero-order valence-electron chi connectivity index (χ0n) is 9.09. The van der Waals surface area contributed by atoms with E-state index in [1.807, 2.05) is 25.1 Å². The molecule has 0 radical (unpaired) electrons. The number of ether oxygens (including phenoxy) is 1. The molecule has 4 nitrogen and oxygen atoms in total. The van der Waals surface area contributed by atoms with Gasteiger partial charge in [-0.2, -0.15) is 0 Å². The Kier molecular flexibility index (Phi) is 5.41. The number of nitrogens with zero attached hydrogens (tertiary/aromatic N) is 1. The number of hydrogen-bond acceptors (Lipinski definition) is 3. The molecule has 16 heavy (non-hydrogen) atoms. The molecule has 0 saturated carbocycles. The molecule has 4 heteroatoms. The lowest BCUT2D eigenvalue weighted by Crippen LogP contribution is -1.98. The molecule has 2 aromatic rings. The molecule has 0 aliphatic heterocycles. The van der Waals surface area contributed by atoms with E-state index in [9.17, 15) is 4.79 Å². The van der Waals surface area contributed by atoms with Crippen molar-refractivity contribution in [1.82, 2.24) is 9.97 Å². The van der Waals surface area contributed by atoms with E-state index in [1.165, 1.54) is 6.07 Å². The molecule has 2 rings (SSSR count). The molecule has 0 aliphatic rings. The molecule has 0 atom stereocenters. The van der Waals surface area contributed by atoms with Crippen LogP contribution < -0.4 is 10.3 Å². The first-order valence-electron chi connectivity index (χ1n) is 5.00. The third-order valence-electron chi connectivity index (χ3n) is 1.61. The minimum absolute atomic E-state index is 0.0532. The van der Waals surface area contributed by atoms with Crippen LogP contribution in [0.2, 0.25) is 0 Å². The quantitative estimate of drug-likeness (QED) is 0.837. The van der Waals surface area contributed by atoms with Crippen molar-refractivity contribution < 1.29 is 4.74 Å². The van der Waals surface area contributed by atoms with Crippen LogP contribution in [0.15, 0.2) is 53.6 Å². The van der Waals surface area contributed by atoms with Crippen molar-refractivity contribution in [2.24, 2.45) is 0 Å². The van der Waals surface area contributed by atoms with Gasteiger partial charge in [-0.05, 0) is 19.1 Å². The minimum atomic E-state index is -0.0532. The molecule has 1 N–H and O–H groups in total. The number of nitrogens with one attached hydrogen (secondary N) is 1. The first kappa shape index (κ1) is 12.0. The van der Waals surface area contributed by atoms with Crippen LogP contribution in [0.25, 0.3) is 0 Å². The third kappa shape index (κ3) is 4.95. The lowest BCUT2D eigenvalue weighted by atomic mass is 10.5. The molecule has 2 heterocycles. The average Bonchev–Trinajstić information content (AvgIpc) is 2.33. The number of aromatic nitrogens is 2. The zero-order valence-corrected chi connectivity index (χ0v) is 9.09.